The summed E-state index contributed by atoms with van der Waals surface area (Å²) in [5.74, 6) is 0.0223. The second-order valence-corrected chi connectivity index (χ2v) is 9.24. The molecule has 1 amide bonds. The van der Waals surface area contributed by atoms with E-state index in [9.17, 15) is 22.4 Å². The Morgan fingerprint density at radius 3 is 2.66 bits per heavy atom. The van der Waals surface area contributed by atoms with Gasteiger partial charge in [0.1, 0.15) is 11.6 Å². The van der Waals surface area contributed by atoms with Gasteiger partial charge in [-0.2, -0.15) is 17.6 Å². The van der Waals surface area contributed by atoms with Crippen molar-refractivity contribution in [1.29, 1.82) is 0 Å². The van der Waals surface area contributed by atoms with E-state index in [1.165, 1.54) is 29.0 Å². The van der Waals surface area contributed by atoms with Gasteiger partial charge in [0.15, 0.2) is 0 Å². The predicted octanol–water partition coefficient (Wildman–Crippen LogP) is 6.40. The van der Waals surface area contributed by atoms with E-state index in [0.717, 1.165) is 22.6 Å². The Morgan fingerprint density at radius 2 is 1.91 bits per heavy atom. The quantitative estimate of drug-likeness (QED) is 0.248. The van der Waals surface area contributed by atoms with Crippen LogP contribution in [0.3, 0.4) is 0 Å². The fourth-order valence-corrected chi connectivity index (χ4v) is 5.12. The Hall–Kier alpha value is -3.27. The molecule has 5 nitrogen and oxygen atoms in total. The van der Waals surface area contributed by atoms with Crippen molar-refractivity contribution >= 4 is 29.4 Å². The predicted molar refractivity (Wildman–Crippen MR) is 125 cm³/mol. The van der Waals surface area contributed by atoms with Crippen LogP contribution in [0.1, 0.15) is 41.9 Å². The topological polar surface area (TPSA) is 54.5 Å². The van der Waals surface area contributed by atoms with Crippen LogP contribution in [0.4, 0.5) is 29.1 Å². The first-order chi connectivity index (χ1) is 16.8. The number of halogens is 4. The van der Waals surface area contributed by atoms with Gasteiger partial charge < -0.3 is 14.4 Å². The van der Waals surface area contributed by atoms with Crippen LogP contribution in [0, 0.1) is 5.95 Å². The Labute approximate surface area is 203 Å². The van der Waals surface area contributed by atoms with Crippen LogP contribution in [0.2, 0.25) is 0 Å². The molecule has 1 saturated heterocycles. The summed E-state index contributed by atoms with van der Waals surface area (Å²) in [4.78, 5) is 18.5. The van der Waals surface area contributed by atoms with E-state index in [4.69, 9.17) is 4.74 Å². The summed E-state index contributed by atoms with van der Waals surface area (Å²) in [6.45, 7) is 0.789. The summed E-state index contributed by atoms with van der Waals surface area (Å²) >= 11 is 1.24. The molecular weight excluding hydrogens is 482 g/mol. The molecule has 2 aliphatic rings. The molecule has 0 aliphatic carbocycles. The fraction of sp³-hybridized carbons (Fsp3) is 0.280. The zero-order chi connectivity index (χ0) is 24.6. The average Bonchev–Trinajstić information content (AvgIpc) is 3.27. The van der Waals surface area contributed by atoms with Crippen molar-refractivity contribution in [2.45, 2.75) is 36.3 Å². The second-order valence-electron chi connectivity index (χ2n) is 8.36. The third-order valence-corrected chi connectivity index (χ3v) is 6.91. The number of ether oxygens (including phenoxy) is 1. The standard InChI is InChI=1S/C25H21F4N3O2S/c26-22-3-1-4-23(30-22)31-35-16-7-9-19-17(10-12-34-21(19)14-16)18-8-6-15(25(27,28)29)13-20(18)32-11-2-5-24(32)33/h1,3-4,6-9,13-14,17H,2,5,10-12H2,(H,30,31). The first-order valence-corrected chi connectivity index (χ1v) is 11.9. The van der Waals surface area contributed by atoms with Crippen LogP contribution in [-0.2, 0) is 11.0 Å². The van der Waals surface area contributed by atoms with Crippen LogP contribution < -0.4 is 14.4 Å². The number of nitrogens with zero attached hydrogens (tertiary/aromatic N) is 2. The molecule has 3 aromatic rings. The summed E-state index contributed by atoms with van der Waals surface area (Å²) in [6.07, 6.45) is -2.98. The minimum absolute atomic E-state index is 0.165. The van der Waals surface area contributed by atoms with E-state index in [0.29, 0.717) is 55.2 Å². The molecule has 1 fully saturated rings. The number of rotatable bonds is 5. The minimum atomic E-state index is -4.50. The maximum absolute atomic E-state index is 13.5. The zero-order valence-electron chi connectivity index (χ0n) is 18.4. The second kappa shape index (κ2) is 9.41. The van der Waals surface area contributed by atoms with Crippen LogP contribution in [0.15, 0.2) is 59.5 Å². The van der Waals surface area contributed by atoms with E-state index in [2.05, 4.69) is 9.71 Å². The number of nitrogens with one attached hydrogen (secondary N) is 1. The lowest BCUT2D eigenvalue weighted by atomic mass is 9.85. The molecule has 5 rings (SSSR count). The number of carbonyl (C=O) groups excluding carboxylic acids is 1. The van der Waals surface area contributed by atoms with E-state index in [1.54, 1.807) is 12.1 Å². The first kappa shape index (κ1) is 23.5. The van der Waals surface area contributed by atoms with Gasteiger partial charge in [0, 0.05) is 35.0 Å². The van der Waals surface area contributed by atoms with Crippen molar-refractivity contribution in [3.63, 3.8) is 0 Å². The smallest absolute Gasteiger partial charge is 0.416 e. The molecule has 182 valence electrons. The molecule has 35 heavy (non-hydrogen) atoms. The maximum atomic E-state index is 13.5. The molecule has 2 aliphatic heterocycles. The molecular formula is C25H21F4N3O2S. The van der Waals surface area contributed by atoms with Gasteiger partial charge in [-0.3, -0.25) is 4.79 Å². The van der Waals surface area contributed by atoms with E-state index in [1.807, 2.05) is 18.2 Å². The number of aromatic nitrogens is 1. The lowest BCUT2D eigenvalue weighted by molar-refractivity contribution is -0.137. The van der Waals surface area contributed by atoms with Crippen molar-refractivity contribution < 1.29 is 27.1 Å². The number of anilines is 2. The van der Waals surface area contributed by atoms with Gasteiger partial charge in [0.2, 0.25) is 11.9 Å². The molecule has 1 N–H and O–H groups in total. The Morgan fingerprint density at radius 1 is 1.09 bits per heavy atom. The van der Waals surface area contributed by atoms with Gasteiger partial charge in [-0.1, -0.05) is 18.2 Å². The molecule has 3 heterocycles. The lowest BCUT2D eigenvalue weighted by Crippen LogP contribution is -2.27. The highest BCUT2D eigenvalue weighted by Gasteiger charge is 2.35. The molecule has 0 saturated carbocycles. The van der Waals surface area contributed by atoms with Crippen molar-refractivity contribution in [2.75, 3.05) is 22.8 Å². The van der Waals surface area contributed by atoms with Gasteiger partial charge in [-0.25, -0.2) is 4.98 Å². The molecule has 1 aromatic heterocycles. The summed E-state index contributed by atoms with van der Waals surface area (Å²) in [5, 5.41) is 0. The summed E-state index contributed by atoms with van der Waals surface area (Å²) in [6, 6.07) is 13.7. The molecule has 1 atom stereocenters. The maximum Gasteiger partial charge on any atom is 0.416 e. The molecule has 0 spiro atoms. The van der Waals surface area contributed by atoms with Crippen LogP contribution in [-0.4, -0.2) is 24.0 Å². The number of benzene rings is 2. The van der Waals surface area contributed by atoms with Crippen molar-refractivity contribution in [1.82, 2.24) is 4.98 Å². The van der Waals surface area contributed by atoms with Crippen LogP contribution in [0.5, 0.6) is 5.75 Å². The van der Waals surface area contributed by atoms with Crippen molar-refractivity contribution in [2.24, 2.45) is 0 Å². The molecule has 0 bridgehead atoms. The minimum Gasteiger partial charge on any atom is -0.493 e. The summed E-state index contributed by atoms with van der Waals surface area (Å²) in [5.41, 5.74) is 1.07. The number of hydrogen-bond donors (Lipinski definition) is 1. The normalized spacial score (nSPS) is 17.8. The third-order valence-electron chi connectivity index (χ3n) is 6.11. The number of carbonyl (C=O) groups is 1. The molecule has 1 unspecified atom stereocenters. The Balaban J connectivity index is 1.46. The zero-order valence-corrected chi connectivity index (χ0v) is 19.3. The monoisotopic (exact) mass is 503 g/mol. The highest BCUT2D eigenvalue weighted by molar-refractivity contribution is 8.00. The Bertz CT molecular complexity index is 1270. The van der Waals surface area contributed by atoms with Gasteiger partial charge >= 0.3 is 6.18 Å². The summed E-state index contributed by atoms with van der Waals surface area (Å²) < 4.78 is 62.6. The highest BCUT2D eigenvalue weighted by Crippen LogP contribution is 2.45. The SMILES string of the molecule is O=C1CCCN1c1cc(C(F)(F)F)ccc1C1CCOc2cc(SNc3cccc(F)n3)ccc21. The van der Waals surface area contributed by atoms with E-state index < -0.39 is 17.7 Å². The number of hydrogen-bond acceptors (Lipinski definition) is 5. The van der Waals surface area contributed by atoms with Crippen LogP contribution in [0.25, 0.3) is 0 Å². The van der Waals surface area contributed by atoms with E-state index >= 15 is 0 Å². The van der Waals surface area contributed by atoms with Gasteiger partial charge in [-0.15, -0.1) is 0 Å². The molecule has 2 aromatic carbocycles. The third kappa shape index (κ3) is 4.93. The number of pyridine rings is 1. The number of fused-ring (bicyclic) bond motifs is 1. The van der Waals surface area contributed by atoms with Gasteiger partial charge in [0.05, 0.1) is 12.2 Å². The number of amides is 1. The van der Waals surface area contributed by atoms with Crippen LogP contribution >= 0.6 is 11.9 Å². The first-order valence-electron chi connectivity index (χ1n) is 11.1. The molecule has 0 radical (unpaired) electrons. The van der Waals surface area contributed by atoms with E-state index in [-0.39, 0.29) is 11.8 Å². The highest BCUT2D eigenvalue weighted by atomic mass is 32.2. The lowest BCUT2D eigenvalue weighted by Gasteiger charge is -2.30. The van der Waals surface area contributed by atoms with Crippen molar-refractivity contribution in [3.8, 4) is 5.75 Å². The van der Waals surface area contributed by atoms with Gasteiger partial charge in [0.25, 0.3) is 0 Å². The summed E-state index contributed by atoms with van der Waals surface area (Å²) in [7, 11) is 0. The average molecular weight is 504 g/mol. The van der Waals surface area contributed by atoms with Crippen molar-refractivity contribution in [3.05, 3.63) is 77.2 Å². The fourth-order valence-electron chi connectivity index (χ4n) is 4.48. The Kier molecular flexibility index (Phi) is 6.31. The largest absolute Gasteiger partial charge is 0.493 e. The molecule has 10 heteroatoms. The number of alkyl halides is 3. The van der Waals surface area contributed by atoms with Gasteiger partial charge in [-0.05, 0) is 66.8 Å².